The molecule has 4 nitrogen and oxygen atoms in total. The highest BCUT2D eigenvalue weighted by Gasteiger charge is 2.34. The summed E-state index contributed by atoms with van der Waals surface area (Å²) >= 11 is 0. The molecule has 18 heavy (non-hydrogen) atoms. The molecule has 2 unspecified atom stereocenters. The van der Waals surface area contributed by atoms with Crippen LogP contribution in [-0.4, -0.2) is 38.4 Å². The van der Waals surface area contributed by atoms with Crippen LogP contribution >= 0.6 is 0 Å². The van der Waals surface area contributed by atoms with Gasteiger partial charge in [-0.3, -0.25) is 4.79 Å². The van der Waals surface area contributed by atoms with Gasteiger partial charge < -0.3 is 14.8 Å². The molecule has 2 bridgehead atoms. The molecule has 2 atom stereocenters. The highest BCUT2D eigenvalue weighted by Crippen LogP contribution is 2.31. The fourth-order valence-electron chi connectivity index (χ4n) is 3.32. The van der Waals surface area contributed by atoms with E-state index in [2.05, 4.69) is 5.32 Å². The molecule has 0 aliphatic carbocycles. The highest BCUT2D eigenvalue weighted by molar-refractivity contribution is 5.81. The van der Waals surface area contributed by atoms with Crippen LogP contribution in [0, 0.1) is 5.92 Å². The topological polar surface area (TPSA) is 47.6 Å². The molecule has 0 saturated carbocycles. The lowest BCUT2D eigenvalue weighted by Crippen LogP contribution is -2.50. The second kappa shape index (κ2) is 6.64. The van der Waals surface area contributed by atoms with Gasteiger partial charge in [0.05, 0.1) is 0 Å². The minimum atomic E-state index is -0.241. The highest BCUT2D eigenvalue weighted by atomic mass is 16.7. The lowest BCUT2D eigenvalue weighted by Gasteiger charge is -2.39. The first-order valence-electron chi connectivity index (χ1n) is 7.07. The third-order valence-corrected chi connectivity index (χ3v) is 4.32. The number of carbonyl (C=O) groups excluding carboxylic acids is 1. The molecule has 0 spiro atoms. The number of hydrogen-bond donors (Lipinski definition) is 1. The van der Waals surface area contributed by atoms with Gasteiger partial charge in [-0.1, -0.05) is 6.42 Å². The van der Waals surface area contributed by atoms with Crippen molar-refractivity contribution in [1.29, 1.82) is 0 Å². The van der Waals surface area contributed by atoms with E-state index in [0.717, 1.165) is 12.8 Å². The first-order chi connectivity index (χ1) is 8.72. The summed E-state index contributed by atoms with van der Waals surface area (Å²) in [7, 11) is 3.24. The number of Topliss-reactive ketones (excluding diaryl/α,β-unsaturated/α-hetero) is 1. The molecule has 2 saturated heterocycles. The second-order valence-electron chi connectivity index (χ2n) is 5.57. The lowest BCUT2D eigenvalue weighted by atomic mass is 9.78. The smallest absolute Gasteiger partial charge is 0.157 e. The number of rotatable bonds is 6. The van der Waals surface area contributed by atoms with Crippen molar-refractivity contribution in [1.82, 2.24) is 5.32 Å². The number of fused-ring (bicyclic) bond motifs is 2. The molecule has 1 N–H and O–H groups in total. The molecular formula is C14H25NO3. The van der Waals surface area contributed by atoms with E-state index in [1.807, 2.05) is 0 Å². The third-order valence-electron chi connectivity index (χ3n) is 4.32. The summed E-state index contributed by atoms with van der Waals surface area (Å²) < 4.78 is 10.3. The third kappa shape index (κ3) is 3.53. The van der Waals surface area contributed by atoms with Gasteiger partial charge in [-0.05, 0) is 25.7 Å². The molecule has 0 radical (unpaired) electrons. The van der Waals surface area contributed by atoms with Crippen molar-refractivity contribution in [3.8, 4) is 0 Å². The Bertz CT molecular complexity index is 266. The number of ketones is 1. The number of methoxy groups -OCH3 is 2. The Morgan fingerprint density at radius 2 is 1.83 bits per heavy atom. The summed E-state index contributed by atoms with van der Waals surface area (Å²) in [6.45, 7) is 0. The molecule has 0 aromatic carbocycles. The van der Waals surface area contributed by atoms with Crippen molar-refractivity contribution in [2.45, 2.75) is 63.3 Å². The minimum absolute atomic E-state index is 0.241. The van der Waals surface area contributed by atoms with Gasteiger partial charge in [0.1, 0.15) is 5.78 Å². The van der Waals surface area contributed by atoms with Crippen LogP contribution in [0.1, 0.15) is 44.9 Å². The summed E-state index contributed by atoms with van der Waals surface area (Å²) in [5, 5.41) is 3.62. The molecule has 2 aliphatic rings. The van der Waals surface area contributed by atoms with Crippen LogP contribution in [0.2, 0.25) is 0 Å². The Kier molecular flexibility index (Phi) is 5.15. The van der Waals surface area contributed by atoms with Crippen molar-refractivity contribution < 1.29 is 14.3 Å². The SMILES string of the molecule is COC(CCC(=O)C1CC2CCCC(C1)N2)OC. The van der Waals surface area contributed by atoms with Gasteiger partial charge in [0.25, 0.3) is 0 Å². The van der Waals surface area contributed by atoms with Gasteiger partial charge in [-0.15, -0.1) is 0 Å². The van der Waals surface area contributed by atoms with Gasteiger partial charge in [0, 0.05) is 45.1 Å². The molecule has 0 aromatic heterocycles. The second-order valence-corrected chi connectivity index (χ2v) is 5.57. The van der Waals surface area contributed by atoms with E-state index in [-0.39, 0.29) is 12.2 Å². The van der Waals surface area contributed by atoms with Crippen molar-refractivity contribution in [2.75, 3.05) is 14.2 Å². The lowest BCUT2D eigenvalue weighted by molar-refractivity contribution is -0.131. The number of ether oxygens (including phenoxy) is 2. The Balaban J connectivity index is 1.78. The number of carbonyl (C=O) groups is 1. The van der Waals surface area contributed by atoms with Crippen LogP contribution < -0.4 is 5.32 Å². The maximum Gasteiger partial charge on any atom is 0.157 e. The predicted molar refractivity (Wildman–Crippen MR) is 69.3 cm³/mol. The summed E-state index contributed by atoms with van der Waals surface area (Å²) in [6, 6.07) is 1.15. The average Bonchev–Trinajstić information content (AvgIpc) is 2.39. The minimum Gasteiger partial charge on any atom is -0.356 e. The monoisotopic (exact) mass is 255 g/mol. The predicted octanol–water partition coefficient (Wildman–Crippen LogP) is 1.88. The first kappa shape index (κ1) is 14.0. The van der Waals surface area contributed by atoms with E-state index in [9.17, 15) is 4.79 Å². The quantitative estimate of drug-likeness (QED) is 0.736. The Labute approximate surface area is 109 Å². The van der Waals surface area contributed by atoms with Gasteiger partial charge >= 0.3 is 0 Å². The van der Waals surface area contributed by atoms with E-state index in [1.54, 1.807) is 14.2 Å². The summed E-state index contributed by atoms with van der Waals surface area (Å²) in [4.78, 5) is 12.2. The van der Waals surface area contributed by atoms with E-state index >= 15 is 0 Å². The Morgan fingerprint density at radius 1 is 1.22 bits per heavy atom. The summed E-state index contributed by atoms with van der Waals surface area (Å²) in [5.41, 5.74) is 0. The zero-order valence-corrected chi connectivity index (χ0v) is 11.5. The Hall–Kier alpha value is -0.450. The number of hydrogen-bond acceptors (Lipinski definition) is 4. The van der Waals surface area contributed by atoms with Gasteiger partial charge in [0.15, 0.2) is 6.29 Å². The standard InChI is InChI=1S/C14H25NO3/c1-17-14(18-2)7-6-13(16)10-8-11-4-3-5-12(9-10)15-11/h10-12,14-15H,3-9H2,1-2H3. The molecular weight excluding hydrogens is 230 g/mol. The average molecular weight is 255 g/mol. The van der Waals surface area contributed by atoms with Gasteiger partial charge in [-0.2, -0.15) is 0 Å². The van der Waals surface area contributed by atoms with E-state index in [4.69, 9.17) is 9.47 Å². The Morgan fingerprint density at radius 3 is 2.39 bits per heavy atom. The maximum absolute atomic E-state index is 12.2. The molecule has 2 aliphatic heterocycles. The van der Waals surface area contributed by atoms with Crippen molar-refractivity contribution in [3.05, 3.63) is 0 Å². The summed E-state index contributed by atoms with van der Waals surface area (Å²) in [5.74, 6) is 0.656. The van der Waals surface area contributed by atoms with Gasteiger partial charge in [-0.25, -0.2) is 0 Å². The molecule has 2 rings (SSSR count). The fourth-order valence-corrected chi connectivity index (χ4v) is 3.32. The zero-order chi connectivity index (χ0) is 13.0. The van der Waals surface area contributed by atoms with Crippen LogP contribution in [0.4, 0.5) is 0 Å². The van der Waals surface area contributed by atoms with Crippen molar-refractivity contribution >= 4 is 5.78 Å². The maximum atomic E-state index is 12.2. The number of piperidine rings is 2. The summed E-state index contributed by atoms with van der Waals surface area (Å²) in [6.07, 6.45) is 6.85. The van der Waals surface area contributed by atoms with E-state index < -0.39 is 0 Å². The normalized spacial score (nSPS) is 31.6. The fraction of sp³-hybridized carbons (Fsp3) is 0.929. The number of nitrogens with one attached hydrogen (secondary N) is 1. The first-order valence-corrected chi connectivity index (χ1v) is 7.07. The van der Waals surface area contributed by atoms with Crippen LogP contribution in [0.25, 0.3) is 0 Å². The van der Waals surface area contributed by atoms with Crippen LogP contribution in [-0.2, 0) is 14.3 Å². The van der Waals surface area contributed by atoms with E-state index in [1.165, 1.54) is 19.3 Å². The zero-order valence-electron chi connectivity index (χ0n) is 11.5. The molecule has 2 fully saturated rings. The van der Waals surface area contributed by atoms with Crippen LogP contribution in [0.3, 0.4) is 0 Å². The van der Waals surface area contributed by atoms with Crippen molar-refractivity contribution in [2.24, 2.45) is 5.92 Å². The molecule has 0 aromatic rings. The molecule has 0 amide bonds. The van der Waals surface area contributed by atoms with Crippen molar-refractivity contribution in [3.63, 3.8) is 0 Å². The van der Waals surface area contributed by atoms with Crippen LogP contribution in [0.15, 0.2) is 0 Å². The molecule has 104 valence electrons. The van der Waals surface area contributed by atoms with Gasteiger partial charge in [0.2, 0.25) is 0 Å². The molecule has 4 heteroatoms. The van der Waals surface area contributed by atoms with E-state index in [0.29, 0.717) is 30.7 Å². The molecule has 2 heterocycles. The largest absolute Gasteiger partial charge is 0.356 e. The van der Waals surface area contributed by atoms with Crippen LogP contribution in [0.5, 0.6) is 0 Å².